The van der Waals surface area contributed by atoms with Gasteiger partial charge in [0.1, 0.15) is 11.6 Å². The lowest BCUT2D eigenvalue weighted by Gasteiger charge is -2.14. The van der Waals surface area contributed by atoms with E-state index in [1.807, 2.05) is 25.5 Å². The zero-order valence-electron chi connectivity index (χ0n) is 12.2. The monoisotopic (exact) mass is 281 g/mol. The molecule has 0 amide bonds. The van der Waals surface area contributed by atoms with Crippen molar-refractivity contribution in [2.45, 2.75) is 26.4 Å². The highest BCUT2D eigenvalue weighted by Gasteiger charge is 2.06. The SMILES string of the molecule is Cc1nccn1-c1ccc([C@@H](C)NCc2ncc[nH]2)cc1. The Morgan fingerprint density at radius 3 is 2.62 bits per heavy atom. The van der Waals surface area contributed by atoms with Crippen LogP contribution >= 0.6 is 0 Å². The van der Waals surface area contributed by atoms with Gasteiger partial charge in [-0.1, -0.05) is 12.1 Å². The van der Waals surface area contributed by atoms with Crippen molar-refractivity contribution in [3.05, 3.63) is 66.3 Å². The second-order valence-corrected chi connectivity index (χ2v) is 5.07. The molecule has 21 heavy (non-hydrogen) atoms. The molecule has 2 aromatic heterocycles. The second-order valence-electron chi connectivity index (χ2n) is 5.07. The molecule has 0 spiro atoms. The number of nitrogens with one attached hydrogen (secondary N) is 2. The predicted octanol–water partition coefficient (Wildman–Crippen LogP) is 2.75. The summed E-state index contributed by atoms with van der Waals surface area (Å²) < 4.78 is 2.07. The van der Waals surface area contributed by atoms with Crippen LogP contribution in [0.2, 0.25) is 0 Å². The van der Waals surface area contributed by atoms with Gasteiger partial charge < -0.3 is 14.9 Å². The van der Waals surface area contributed by atoms with Crippen LogP contribution in [-0.4, -0.2) is 19.5 Å². The lowest BCUT2D eigenvalue weighted by atomic mass is 10.1. The third-order valence-electron chi connectivity index (χ3n) is 3.63. The van der Waals surface area contributed by atoms with Gasteiger partial charge in [0.15, 0.2) is 0 Å². The van der Waals surface area contributed by atoms with E-state index in [1.165, 1.54) is 5.56 Å². The number of aromatic nitrogens is 4. The van der Waals surface area contributed by atoms with Crippen LogP contribution in [-0.2, 0) is 6.54 Å². The quantitative estimate of drug-likeness (QED) is 0.756. The topological polar surface area (TPSA) is 58.5 Å². The lowest BCUT2D eigenvalue weighted by Crippen LogP contribution is -2.18. The van der Waals surface area contributed by atoms with Gasteiger partial charge in [0.2, 0.25) is 0 Å². The normalized spacial score (nSPS) is 12.5. The molecule has 2 N–H and O–H groups in total. The first-order valence-electron chi connectivity index (χ1n) is 7.06. The van der Waals surface area contributed by atoms with Gasteiger partial charge in [-0.15, -0.1) is 0 Å². The summed E-state index contributed by atoms with van der Waals surface area (Å²) >= 11 is 0. The predicted molar refractivity (Wildman–Crippen MR) is 82.1 cm³/mol. The highest BCUT2D eigenvalue weighted by molar-refractivity contribution is 5.36. The van der Waals surface area contributed by atoms with E-state index in [0.29, 0.717) is 0 Å². The minimum absolute atomic E-state index is 0.271. The van der Waals surface area contributed by atoms with Crippen LogP contribution < -0.4 is 5.32 Å². The van der Waals surface area contributed by atoms with Crippen LogP contribution in [0.1, 0.15) is 30.2 Å². The number of aromatic amines is 1. The number of benzene rings is 1. The molecule has 0 aliphatic rings. The number of H-pyrrole nitrogens is 1. The smallest absolute Gasteiger partial charge is 0.120 e. The van der Waals surface area contributed by atoms with E-state index < -0.39 is 0 Å². The fourth-order valence-corrected chi connectivity index (χ4v) is 2.34. The number of rotatable bonds is 5. The highest BCUT2D eigenvalue weighted by Crippen LogP contribution is 2.17. The molecule has 0 unspecified atom stereocenters. The fraction of sp³-hybridized carbons (Fsp3) is 0.250. The summed E-state index contributed by atoms with van der Waals surface area (Å²) in [7, 11) is 0. The van der Waals surface area contributed by atoms with Crippen molar-refractivity contribution in [2.24, 2.45) is 0 Å². The van der Waals surface area contributed by atoms with Crippen LogP contribution in [0.3, 0.4) is 0 Å². The first-order valence-corrected chi connectivity index (χ1v) is 7.06. The number of nitrogens with zero attached hydrogens (tertiary/aromatic N) is 3. The van der Waals surface area contributed by atoms with Crippen molar-refractivity contribution in [3.8, 4) is 5.69 Å². The molecule has 1 atom stereocenters. The third kappa shape index (κ3) is 3.03. The number of hydrogen-bond donors (Lipinski definition) is 2. The molecule has 3 rings (SSSR count). The van der Waals surface area contributed by atoms with Gasteiger partial charge >= 0.3 is 0 Å². The Balaban J connectivity index is 1.67. The maximum atomic E-state index is 4.25. The van der Waals surface area contributed by atoms with Gasteiger partial charge in [-0.25, -0.2) is 9.97 Å². The molecule has 3 aromatic rings. The van der Waals surface area contributed by atoms with Crippen molar-refractivity contribution >= 4 is 0 Å². The molecule has 1 aromatic carbocycles. The Morgan fingerprint density at radius 1 is 1.19 bits per heavy atom. The van der Waals surface area contributed by atoms with E-state index in [9.17, 15) is 0 Å². The molecule has 0 saturated carbocycles. The lowest BCUT2D eigenvalue weighted by molar-refractivity contribution is 0.562. The Hall–Kier alpha value is -2.40. The first kappa shape index (κ1) is 13.6. The van der Waals surface area contributed by atoms with E-state index in [4.69, 9.17) is 0 Å². The summed E-state index contributed by atoms with van der Waals surface area (Å²) in [6, 6.07) is 8.81. The van der Waals surface area contributed by atoms with Crippen molar-refractivity contribution < 1.29 is 0 Å². The Bertz CT molecular complexity index is 682. The molecule has 108 valence electrons. The first-order chi connectivity index (χ1) is 10.2. The van der Waals surface area contributed by atoms with Gasteiger partial charge in [0.25, 0.3) is 0 Å². The minimum atomic E-state index is 0.271. The zero-order valence-corrected chi connectivity index (χ0v) is 12.2. The van der Waals surface area contributed by atoms with Crippen LogP contribution in [0.15, 0.2) is 49.1 Å². The molecule has 0 fully saturated rings. The molecule has 0 radical (unpaired) electrons. The van der Waals surface area contributed by atoms with E-state index in [1.54, 1.807) is 6.20 Å². The molecule has 0 aliphatic heterocycles. The summed E-state index contributed by atoms with van der Waals surface area (Å²) in [6.07, 6.45) is 7.40. The molecule has 0 saturated heterocycles. The summed E-state index contributed by atoms with van der Waals surface area (Å²) in [4.78, 5) is 11.6. The Morgan fingerprint density at radius 2 is 2.00 bits per heavy atom. The summed E-state index contributed by atoms with van der Waals surface area (Å²) in [5, 5.41) is 3.45. The largest absolute Gasteiger partial charge is 0.348 e. The van der Waals surface area contributed by atoms with Crippen molar-refractivity contribution in [1.82, 2.24) is 24.8 Å². The Kier molecular flexibility index (Phi) is 3.83. The average molecular weight is 281 g/mol. The van der Waals surface area contributed by atoms with Crippen molar-refractivity contribution in [1.29, 1.82) is 0 Å². The van der Waals surface area contributed by atoms with Gasteiger partial charge in [0.05, 0.1) is 6.54 Å². The average Bonchev–Trinajstić information content (AvgIpc) is 3.16. The van der Waals surface area contributed by atoms with Crippen LogP contribution in [0, 0.1) is 6.92 Å². The molecule has 5 nitrogen and oxygen atoms in total. The molecule has 0 aliphatic carbocycles. The summed E-state index contributed by atoms with van der Waals surface area (Å²) in [5.41, 5.74) is 2.38. The summed E-state index contributed by atoms with van der Waals surface area (Å²) in [5.74, 6) is 1.94. The molecule has 2 heterocycles. The molecule has 0 bridgehead atoms. The third-order valence-corrected chi connectivity index (χ3v) is 3.63. The minimum Gasteiger partial charge on any atom is -0.348 e. The maximum absolute atomic E-state index is 4.25. The molecule has 5 heteroatoms. The molecular formula is C16H19N5. The van der Waals surface area contributed by atoms with Crippen molar-refractivity contribution in [2.75, 3.05) is 0 Å². The van der Waals surface area contributed by atoms with Crippen molar-refractivity contribution in [3.63, 3.8) is 0 Å². The highest BCUT2D eigenvalue weighted by atomic mass is 15.1. The second kappa shape index (κ2) is 5.93. The van der Waals surface area contributed by atoms with Crippen LogP contribution in [0.25, 0.3) is 5.69 Å². The van der Waals surface area contributed by atoms with Crippen LogP contribution in [0.5, 0.6) is 0 Å². The number of hydrogen-bond acceptors (Lipinski definition) is 3. The van der Waals surface area contributed by atoms with Gasteiger partial charge in [0, 0.05) is 36.5 Å². The van der Waals surface area contributed by atoms with Gasteiger partial charge in [-0.3, -0.25) is 0 Å². The standard InChI is InChI=1S/C16H19N5/c1-12(20-11-16-18-7-8-19-16)14-3-5-15(6-4-14)21-10-9-17-13(21)2/h3-10,12,20H,11H2,1-2H3,(H,18,19)/t12-/m1/s1. The van der Waals surface area contributed by atoms with E-state index in [-0.39, 0.29) is 6.04 Å². The van der Waals surface area contributed by atoms with E-state index in [0.717, 1.165) is 23.9 Å². The number of imidazole rings is 2. The van der Waals surface area contributed by atoms with E-state index >= 15 is 0 Å². The van der Waals surface area contributed by atoms with Gasteiger partial charge in [-0.2, -0.15) is 0 Å². The number of aryl methyl sites for hydroxylation is 1. The fourth-order valence-electron chi connectivity index (χ4n) is 2.34. The summed E-state index contributed by atoms with van der Waals surface area (Å²) in [6.45, 7) is 4.89. The van der Waals surface area contributed by atoms with E-state index in [2.05, 4.69) is 56.0 Å². The molecular weight excluding hydrogens is 262 g/mol. The van der Waals surface area contributed by atoms with Crippen LogP contribution in [0.4, 0.5) is 0 Å². The van der Waals surface area contributed by atoms with Gasteiger partial charge in [-0.05, 0) is 31.5 Å². The zero-order chi connectivity index (χ0) is 14.7. The Labute approximate surface area is 124 Å². The maximum Gasteiger partial charge on any atom is 0.120 e.